The zero-order chi connectivity index (χ0) is 8.15. The lowest BCUT2D eigenvalue weighted by Gasteiger charge is -2.07. The summed E-state index contributed by atoms with van der Waals surface area (Å²) in [6.07, 6.45) is 0. The van der Waals surface area contributed by atoms with Crippen molar-refractivity contribution < 1.29 is 19.1 Å². The van der Waals surface area contributed by atoms with Crippen LogP contribution in [0.5, 0.6) is 0 Å². The van der Waals surface area contributed by atoms with Gasteiger partial charge in [-0.25, -0.2) is 9.18 Å². The van der Waals surface area contributed by atoms with Crippen LogP contribution in [0.25, 0.3) is 0 Å². The number of aliphatic carboxylic acids is 1. The maximum absolute atomic E-state index is 11.6. The van der Waals surface area contributed by atoms with Crippen molar-refractivity contribution in [1.29, 1.82) is 0 Å². The molecule has 10 heavy (non-hydrogen) atoms. The molecule has 0 aromatic heterocycles. The first-order valence-corrected chi connectivity index (χ1v) is 2.42. The molecule has 0 bridgehead atoms. The Balaban J connectivity index is 3.83. The van der Waals surface area contributed by atoms with Gasteiger partial charge in [-0.15, -0.1) is 0 Å². The minimum absolute atomic E-state index is 1.05. The Labute approximate surface area is 57.8 Å². The van der Waals surface area contributed by atoms with Crippen LogP contribution < -0.4 is 5.32 Å². The molecule has 0 fully saturated rings. The third kappa shape index (κ3) is 3.06. The predicted octanol–water partition coefficient (Wildman–Crippen LogP) is -0.713. The summed E-state index contributed by atoms with van der Waals surface area (Å²) in [6.45, 7) is -1.17. The molecule has 4 nitrogen and oxygen atoms in total. The number of hydrogen-bond donors (Lipinski definition) is 2. The molecule has 0 aromatic rings. The van der Waals surface area contributed by atoms with E-state index in [0.717, 1.165) is 0 Å². The maximum atomic E-state index is 11.6. The number of carbonyl (C=O) groups excluding carboxylic acids is 1. The van der Waals surface area contributed by atoms with E-state index in [1.165, 1.54) is 0 Å². The van der Waals surface area contributed by atoms with Crippen molar-refractivity contribution in [3.05, 3.63) is 0 Å². The summed E-state index contributed by atoms with van der Waals surface area (Å²) >= 11 is 0. The molecule has 1 unspecified atom stereocenters. The average Bonchev–Trinajstić information content (AvgIpc) is 1.81. The van der Waals surface area contributed by atoms with Gasteiger partial charge in [-0.2, -0.15) is 0 Å². The molecule has 1 amide bonds. The fourth-order valence-electron chi connectivity index (χ4n) is 0.338. The summed E-state index contributed by atoms with van der Waals surface area (Å²) in [7, 11) is 4.53. The number of halogens is 1. The van der Waals surface area contributed by atoms with Crippen LogP contribution in [-0.2, 0) is 4.79 Å². The van der Waals surface area contributed by atoms with Crippen LogP contribution >= 0.6 is 0 Å². The van der Waals surface area contributed by atoms with E-state index < -0.39 is 24.5 Å². The summed E-state index contributed by atoms with van der Waals surface area (Å²) < 4.78 is 11.6. The summed E-state index contributed by atoms with van der Waals surface area (Å²) in [5.74, 6) is -2.49. The second-order valence-corrected chi connectivity index (χ2v) is 1.55. The molecule has 1 atom stereocenters. The van der Waals surface area contributed by atoms with E-state index in [4.69, 9.17) is 5.11 Å². The summed E-state index contributed by atoms with van der Waals surface area (Å²) in [6, 6.07) is -1.53. The molecule has 0 aliphatic heterocycles. The van der Waals surface area contributed by atoms with Gasteiger partial charge < -0.3 is 10.4 Å². The molecule has 0 heterocycles. The molecule has 0 aromatic carbocycles. The van der Waals surface area contributed by atoms with Gasteiger partial charge in [-0.05, 0) is 0 Å². The number of amides is 1. The van der Waals surface area contributed by atoms with Crippen LogP contribution in [0.1, 0.15) is 0 Å². The number of nitrogens with one attached hydrogen (secondary N) is 1. The van der Waals surface area contributed by atoms with Crippen LogP contribution in [0, 0.1) is 0 Å². The highest BCUT2D eigenvalue weighted by Gasteiger charge is 2.16. The molecule has 6 heteroatoms. The SMILES string of the molecule is [B]C(=O)NC(CF)C(=O)O. The van der Waals surface area contributed by atoms with Crippen molar-refractivity contribution in [1.82, 2.24) is 5.32 Å². The largest absolute Gasteiger partial charge is 0.480 e. The summed E-state index contributed by atoms with van der Waals surface area (Å²) in [5.41, 5.74) is 0. The highest BCUT2D eigenvalue weighted by Crippen LogP contribution is 1.84. The molecule has 2 N–H and O–H groups in total. The zero-order valence-electron chi connectivity index (χ0n) is 5.00. The van der Waals surface area contributed by atoms with Gasteiger partial charge in [0.25, 0.3) is 0 Å². The monoisotopic (exact) mass is 145 g/mol. The molecule has 54 valence electrons. The van der Waals surface area contributed by atoms with Crippen LogP contribution in [0.3, 0.4) is 0 Å². The van der Waals surface area contributed by atoms with Crippen LogP contribution in [0.4, 0.5) is 9.18 Å². The standard InChI is InChI=1S/C4H5BFNO3/c5-4(10)7-2(1-6)3(8)9/h2H,1H2,(H,7,10)(H,8,9). The first-order valence-electron chi connectivity index (χ1n) is 2.42. The Morgan fingerprint density at radius 1 is 1.70 bits per heavy atom. The van der Waals surface area contributed by atoms with Gasteiger partial charge in [0.05, 0.1) is 0 Å². The Bertz CT molecular complexity index is 151. The zero-order valence-corrected chi connectivity index (χ0v) is 5.00. The van der Waals surface area contributed by atoms with Gasteiger partial charge in [0.15, 0.2) is 11.8 Å². The minimum atomic E-state index is -1.53. The maximum Gasteiger partial charge on any atom is 0.328 e. The van der Waals surface area contributed by atoms with E-state index in [0.29, 0.717) is 0 Å². The molecular weight excluding hydrogens is 140 g/mol. The van der Waals surface area contributed by atoms with E-state index in [-0.39, 0.29) is 0 Å². The van der Waals surface area contributed by atoms with Crippen molar-refractivity contribution in [2.45, 2.75) is 6.04 Å². The topological polar surface area (TPSA) is 66.4 Å². The lowest BCUT2D eigenvalue weighted by molar-refractivity contribution is -0.139. The molecule has 0 aliphatic rings. The Kier molecular flexibility index (Phi) is 3.45. The molecule has 0 aliphatic carbocycles. The lowest BCUT2D eigenvalue weighted by atomic mass is 10.1. The van der Waals surface area contributed by atoms with E-state index in [1.807, 2.05) is 0 Å². The van der Waals surface area contributed by atoms with Gasteiger partial charge in [0, 0.05) is 0 Å². The van der Waals surface area contributed by atoms with Gasteiger partial charge in [0.1, 0.15) is 6.67 Å². The van der Waals surface area contributed by atoms with Crippen molar-refractivity contribution in [3.8, 4) is 0 Å². The number of carbonyl (C=O) groups is 2. The molecule has 2 radical (unpaired) electrons. The minimum Gasteiger partial charge on any atom is -0.480 e. The van der Waals surface area contributed by atoms with Gasteiger partial charge in [0.2, 0.25) is 7.85 Å². The van der Waals surface area contributed by atoms with Gasteiger partial charge in [-0.1, -0.05) is 0 Å². The van der Waals surface area contributed by atoms with Crippen molar-refractivity contribution in [2.24, 2.45) is 0 Å². The number of hydrogen-bond acceptors (Lipinski definition) is 2. The average molecular weight is 145 g/mol. The normalized spacial score (nSPS) is 12.1. The lowest BCUT2D eigenvalue weighted by Crippen LogP contribution is -2.41. The van der Waals surface area contributed by atoms with Gasteiger partial charge >= 0.3 is 5.97 Å². The second kappa shape index (κ2) is 3.87. The fourth-order valence-corrected chi connectivity index (χ4v) is 0.338. The van der Waals surface area contributed by atoms with Crippen molar-refractivity contribution in [3.63, 3.8) is 0 Å². The highest BCUT2D eigenvalue weighted by atomic mass is 19.1. The number of alkyl halides is 1. The van der Waals surface area contributed by atoms with E-state index >= 15 is 0 Å². The van der Waals surface area contributed by atoms with Crippen molar-refractivity contribution >= 4 is 19.6 Å². The third-order valence-corrected chi connectivity index (χ3v) is 0.769. The quantitative estimate of drug-likeness (QED) is 0.515. The fraction of sp³-hybridized carbons (Fsp3) is 0.500. The number of rotatable bonds is 3. The molecule has 0 saturated heterocycles. The van der Waals surface area contributed by atoms with Crippen LogP contribution in [0.15, 0.2) is 0 Å². The Morgan fingerprint density at radius 2 is 2.20 bits per heavy atom. The predicted molar refractivity (Wildman–Crippen MR) is 31.7 cm³/mol. The number of carboxylic acids is 1. The molecule has 0 saturated carbocycles. The third-order valence-electron chi connectivity index (χ3n) is 0.769. The van der Waals surface area contributed by atoms with E-state index in [1.54, 1.807) is 5.32 Å². The van der Waals surface area contributed by atoms with E-state index in [2.05, 4.69) is 7.85 Å². The van der Waals surface area contributed by atoms with Crippen LogP contribution in [-0.4, -0.2) is 37.4 Å². The van der Waals surface area contributed by atoms with Crippen molar-refractivity contribution in [2.75, 3.05) is 6.67 Å². The summed E-state index contributed by atoms with van der Waals surface area (Å²) in [4.78, 5) is 19.9. The second-order valence-electron chi connectivity index (χ2n) is 1.55. The number of carboxylic acid groups (broad SMARTS) is 1. The smallest absolute Gasteiger partial charge is 0.328 e. The molecular formula is C4H5BFNO3. The Morgan fingerprint density at radius 3 is 2.30 bits per heavy atom. The Hall–Kier alpha value is -1.07. The van der Waals surface area contributed by atoms with Gasteiger partial charge in [-0.3, -0.25) is 4.79 Å². The summed E-state index contributed by atoms with van der Waals surface area (Å²) in [5, 5.41) is 9.81. The van der Waals surface area contributed by atoms with E-state index in [9.17, 15) is 14.0 Å². The van der Waals surface area contributed by atoms with Crippen LogP contribution in [0.2, 0.25) is 0 Å². The highest BCUT2D eigenvalue weighted by molar-refractivity contribution is 6.57. The molecule has 0 spiro atoms. The molecule has 0 rings (SSSR count). The first kappa shape index (κ1) is 8.93. The first-order chi connectivity index (χ1) is 4.57.